The van der Waals surface area contributed by atoms with E-state index in [1.54, 1.807) is 30.5 Å². The molecule has 0 saturated heterocycles. The predicted octanol–water partition coefficient (Wildman–Crippen LogP) is 2.44. The fourth-order valence-corrected chi connectivity index (χ4v) is 3.32. The van der Waals surface area contributed by atoms with Gasteiger partial charge >= 0.3 is 0 Å². The van der Waals surface area contributed by atoms with E-state index in [-0.39, 0.29) is 24.0 Å². The molecule has 8 nitrogen and oxygen atoms in total. The SMILES string of the molecule is CC(C)Oc1ccc(S(=O)(=O)NCCc2nnc(-c3ccccn3)o2)cc1. The normalized spacial score (nSPS) is 11.7. The fourth-order valence-electron chi connectivity index (χ4n) is 2.29. The number of nitrogens with one attached hydrogen (secondary N) is 1. The van der Waals surface area contributed by atoms with Crippen LogP contribution in [0.1, 0.15) is 19.7 Å². The second-order valence-corrected chi connectivity index (χ2v) is 7.77. The molecule has 142 valence electrons. The molecule has 0 fully saturated rings. The number of nitrogens with zero attached hydrogens (tertiary/aromatic N) is 3. The highest BCUT2D eigenvalue weighted by Gasteiger charge is 2.15. The van der Waals surface area contributed by atoms with Crippen molar-refractivity contribution in [3.8, 4) is 17.3 Å². The molecule has 2 aromatic heterocycles. The smallest absolute Gasteiger partial charge is 0.266 e. The van der Waals surface area contributed by atoms with Crippen LogP contribution >= 0.6 is 0 Å². The van der Waals surface area contributed by atoms with Crippen LogP contribution < -0.4 is 9.46 Å². The molecule has 9 heteroatoms. The Bertz CT molecular complexity index is 970. The lowest BCUT2D eigenvalue weighted by Crippen LogP contribution is -2.26. The van der Waals surface area contributed by atoms with Crippen LogP contribution in [0.4, 0.5) is 0 Å². The average molecular weight is 388 g/mol. The molecule has 3 aromatic rings. The van der Waals surface area contributed by atoms with E-state index in [2.05, 4.69) is 19.9 Å². The van der Waals surface area contributed by atoms with Crippen LogP contribution in [0.2, 0.25) is 0 Å². The molecule has 0 spiro atoms. The van der Waals surface area contributed by atoms with Crippen LogP contribution in [-0.4, -0.2) is 36.2 Å². The number of benzene rings is 1. The third kappa shape index (κ3) is 5.11. The number of sulfonamides is 1. The van der Waals surface area contributed by atoms with E-state index in [4.69, 9.17) is 9.15 Å². The Morgan fingerprint density at radius 1 is 1.11 bits per heavy atom. The fraction of sp³-hybridized carbons (Fsp3) is 0.278. The second-order valence-electron chi connectivity index (χ2n) is 6.00. The third-order valence-electron chi connectivity index (χ3n) is 3.49. The predicted molar refractivity (Wildman–Crippen MR) is 98.6 cm³/mol. The van der Waals surface area contributed by atoms with Gasteiger partial charge in [-0.2, -0.15) is 0 Å². The van der Waals surface area contributed by atoms with Crippen LogP contribution in [0.5, 0.6) is 5.75 Å². The summed E-state index contributed by atoms with van der Waals surface area (Å²) < 4.78 is 38.2. The molecule has 0 saturated carbocycles. The lowest BCUT2D eigenvalue weighted by Gasteiger charge is -2.10. The zero-order valence-electron chi connectivity index (χ0n) is 15.0. The Morgan fingerprint density at radius 3 is 2.56 bits per heavy atom. The van der Waals surface area contributed by atoms with Gasteiger partial charge in [-0.25, -0.2) is 13.1 Å². The van der Waals surface area contributed by atoms with Gasteiger partial charge in [0.1, 0.15) is 11.4 Å². The van der Waals surface area contributed by atoms with Crippen molar-refractivity contribution < 1.29 is 17.6 Å². The monoisotopic (exact) mass is 388 g/mol. The van der Waals surface area contributed by atoms with Crippen molar-refractivity contribution >= 4 is 10.0 Å². The summed E-state index contributed by atoms with van der Waals surface area (Å²) in [7, 11) is -3.63. The molecule has 2 heterocycles. The van der Waals surface area contributed by atoms with Crippen LogP contribution in [-0.2, 0) is 16.4 Å². The zero-order valence-corrected chi connectivity index (χ0v) is 15.8. The van der Waals surface area contributed by atoms with Gasteiger partial charge in [-0.3, -0.25) is 4.98 Å². The van der Waals surface area contributed by atoms with E-state index in [1.165, 1.54) is 12.1 Å². The maximum absolute atomic E-state index is 12.4. The summed E-state index contributed by atoms with van der Waals surface area (Å²) in [4.78, 5) is 4.29. The highest BCUT2D eigenvalue weighted by molar-refractivity contribution is 7.89. The number of ether oxygens (including phenoxy) is 1. The minimum atomic E-state index is -3.63. The lowest BCUT2D eigenvalue weighted by atomic mass is 10.3. The zero-order chi connectivity index (χ0) is 19.3. The van der Waals surface area contributed by atoms with Gasteiger partial charge in [0.15, 0.2) is 0 Å². The van der Waals surface area contributed by atoms with Gasteiger partial charge in [0.2, 0.25) is 15.9 Å². The van der Waals surface area contributed by atoms with Crippen LogP contribution in [0.3, 0.4) is 0 Å². The number of pyridine rings is 1. The second kappa shape index (κ2) is 8.28. The van der Waals surface area contributed by atoms with E-state index >= 15 is 0 Å². The molecule has 3 rings (SSSR count). The molecular weight excluding hydrogens is 368 g/mol. The van der Waals surface area contributed by atoms with Crippen molar-refractivity contribution in [3.63, 3.8) is 0 Å². The molecule has 0 amide bonds. The average Bonchev–Trinajstić information content (AvgIpc) is 3.11. The molecule has 0 bridgehead atoms. The van der Waals surface area contributed by atoms with Crippen molar-refractivity contribution in [2.45, 2.75) is 31.3 Å². The van der Waals surface area contributed by atoms with Crippen LogP contribution in [0, 0.1) is 0 Å². The molecule has 0 aliphatic rings. The lowest BCUT2D eigenvalue weighted by molar-refractivity contribution is 0.242. The van der Waals surface area contributed by atoms with Gasteiger partial charge in [-0.15, -0.1) is 10.2 Å². The Morgan fingerprint density at radius 2 is 1.89 bits per heavy atom. The quantitative estimate of drug-likeness (QED) is 0.631. The summed E-state index contributed by atoms with van der Waals surface area (Å²) in [6.07, 6.45) is 1.93. The summed E-state index contributed by atoms with van der Waals surface area (Å²) >= 11 is 0. The third-order valence-corrected chi connectivity index (χ3v) is 4.96. The number of hydrogen-bond acceptors (Lipinski definition) is 7. The first-order chi connectivity index (χ1) is 12.9. The van der Waals surface area contributed by atoms with Crippen LogP contribution in [0.15, 0.2) is 58.0 Å². The van der Waals surface area contributed by atoms with Gasteiger partial charge in [0, 0.05) is 19.2 Å². The maximum Gasteiger partial charge on any atom is 0.266 e. The minimum absolute atomic E-state index is 0.0240. The van der Waals surface area contributed by atoms with E-state index in [1.807, 2.05) is 19.9 Å². The van der Waals surface area contributed by atoms with E-state index in [0.29, 0.717) is 23.2 Å². The summed E-state index contributed by atoms with van der Waals surface area (Å²) in [5.74, 6) is 1.25. The summed E-state index contributed by atoms with van der Waals surface area (Å²) in [6.45, 7) is 3.95. The molecule has 0 aliphatic carbocycles. The van der Waals surface area contributed by atoms with Gasteiger partial charge in [0.25, 0.3) is 5.89 Å². The van der Waals surface area contributed by atoms with Gasteiger partial charge in [-0.05, 0) is 50.2 Å². The Kier molecular flexibility index (Phi) is 5.82. The van der Waals surface area contributed by atoms with Crippen molar-refractivity contribution in [1.82, 2.24) is 19.9 Å². The molecule has 0 atom stereocenters. The first kappa shape index (κ1) is 19.0. The largest absolute Gasteiger partial charge is 0.491 e. The molecule has 1 aromatic carbocycles. The molecule has 1 N–H and O–H groups in total. The minimum Gasteiger partial charge on any atom is -0.491 e. The van der Waals surface area contributed by atoms with Gasteiger partial charge in [0.05, 0.1) is 11.0 Å². The first-order valence-corrected chi connectivity index (χ1v) is 9.92. The standard InChI is InChI=1S/C18H20N4O4S/c1-13(2)25-14-6-8-15(9-7-14)27(23,24)20-12-10-17-21-22-18(26-17)16-5-3-4-11-19-16/h3-9,11,13,20H,10,12H2,1-2H3. The van der Waals surface area contributed by atoms with Gasteiger partial charge in [-0.1, -0.05) is 6.07 Å². The van der Waals surface area contributed by atoms with E-state index in [9.17, 15) is 8.42 Å². The molecular formula is C18H20N4O4S. The number of rotatable bonds is 8. The van der Waals surface area contributed by atoms with E-state index in [0.717, 1.165) is 0 Å². The molecule has 0 aliphatic heterocycles. The number of aromatic nitrogens is 3. The Labute approximate surface area is 157 Å². The highest BCUT2D eigenvalue weighted by atomic mass is 32.2. The molecule has 0 unspecified atom stereocenters. The molecule has 27 heavy (non-hydrogen) atoms. The van der Waals surface area contributed by atoms with Crippen molar-refractivity contribution in [2.24, 2.45) is 0 Å². The summed E-state index contributed by atoms with van der Waals surface area (Å²) in [5, 5.41) is 7.84. The maximum atomic E-state index is 12.4. The number of hydrogen-bond donors (Lipinski definition) is 1. The molecule has 0 radical (unpaired) electrons. The summed E-state index contributed by atoms with van der Waals surface area (Å²) in [6, 6.07) is 11.6. The summed E-state index contributed by atoms with van der Waals surface area (Å²) in [5.41, 5.74) is 0.570. The van der Waals surface area contributed by atoms with Crippen LogP contribution in [0.25, 0.3) is 11.6 Å². The van der Waals surface area contributed by atoms with Crippen molar-refractivity contribution in [1.29, 1.82) is 0 Å². The van der Waals surface area contributed by atoms with Gasteiger partial charge < -0.3 is 9.15 Å². The first-order valence-electron chi connectivity index (χ1n) is 8.44. The van der Waals surface area contributed by atoms with Crippen molar-refractivity contribution in [3.05, 3.63) is 54.6 Å². The van der Waals surface area contributed by atoms with E-state index < -0.39 is 10.0 Å². The highest BCUT2D eigenvalue weighted by Crippen LogP contribution is 2.17. The topological polar surface area (TPSA) is 107 Å². The Hall–Kier alpha value is -2.78. The van der Waals surface area contributed by atoms with Crippen molar-refractivity contribution in [2.75, 3.05) is 6.54 Å². The Balaban J connectivity index is 1.57.